The molecule has 0 aromatic heterocycles. The fraction of sp³-hybridized carbons (Fsp3) is 0.500. The molecule has 1 fully saturated rings. The largest absolute Gasteiger partial charge is 0.494 e. The Bertz CT molecular complexity index is 844. The zero-order chi connectivity index (χ0) is 22.9. The van der Waals surface area contributed by atoms with Crippen molar-refractivity contribution in [2.75, 3.05) is 39.5 Å². The molecule has 0 saturated carbocycles. The Morgan fingerprint density at radius 3 is 2.38 bits per heavy atom. The van der Waals surface area contributed by atoms with E-state index >= 15 is 0 Å². The second-order valence-electron chi connectivity index (χ2n) is 8.54. The van der Waals surface area contributed by atoms with Gasteiger partial charge in [-0.15, -0.1) is 0 Å². The van der Waals surface area contributed by atoms with Crippen molar-refractivity contribution in [3.05, 3.63) is 65.7 Å². The molecule has 174 valence electrons. The molecular formula is C26H37N3O3. The summed E-state index contributed by atoms with van der Waals surface area (Å²) < 4.78 is 11.3. The van der Waals surface area contributed by atoms with E-state index in [1.165, 1.54) is 5.56 Å². The van der Waals surface area contributed by atoms with Gasteiger partial charge >= 0.3 is 0 Å². The molecule has 2 aromatic carbocycles. The normalized spacial score (nSPS) is 17.9. The van der Waals surface area contributed by atoms with Crippen LogP contribution in [-0.2, 0) is 15.8 Å². The first-order chi connectivity index (χ1) is 15.5. The molecule has 6 nitrogen and oxygen atoms in total. The van der Waals surface area contributed by atoms with Gasteiger partial charge < -0.3 is 25.2 Å². The molecule has 1 atom stereocenters. The molecule has 1 unspecified atom stereocenters. The highest BCUT2D eigenvalue weighted by atomic mass is 16.5. The summed E-state index contributed by atoms with van der Waals surface area (Å²) in [6, 6.07) is 18.1. The van der Waals surface area contributed by atoms with Gasteiger partial charge in [0, 0.05) is 31.7 Å². The first kappa shape index (κ1) is 24.1. The van der Waals surface area contributed by atoms with Crippen molar-refractivity contribution in [1.29, 1.82) is 0 Å². The zero-order valence-electron chi connectivity index (χ0n) is 19.6. The molecule has 1 aliphatic heterocycles. The van der Waals surface area contributed by atoms with Gasteiger partial charge in [-0.3, -0.25) is 0 Å². The third-order valence-electron chi connectivity index (χ3n) is 6.11. The number of ether oxygens (including phenoxy) is 2. The van der Waals surface area contributed by atoms with Gasteiger partial charge in [-0.25, -0.2) is 4.99 Å². The first-order valence-electron chi connectivity index (χ1n) is 11.6. The third-order valence-corrected chi connectivity index (χ3v) is 6.11. The van der Waals surface area contributed by atoms with Crippen molar-refractivity contribution in [2.45, 2.75) is 44.6 Å². The molecule has 1 aliphatic rings. The second-order valence-corrected chi connectivity index (χ2v) is 8.54. The SMILES string of the molecule is CCNC(=NCC(C)(O)c1ccccc1)NCC1(c2ccc(OCC)cc2)CCOCC1. The lowest BCUT2D eigenvalue weighted by Gasteiger charge is -2.38. The molecule has 1 saturated heterocycles. The van der Waals surface area contributed by atoms with Gasteiger partial charge in [-0.05, 0) is 56.9 Å². The fourth-order valence-electron chi connectivity index (χ4n) is 4.12. The summed E-state index contributed by atoms with van der Waals surface area (Å²) in [6.45, 7) is 9.74. The van der Waals surface area contributed by atoms with Crippen LogP contribution in [0.1, 0.15) is 44.7 Å². The Kier molecular flexibility index (Phi) is 8.53. The van der Waals surface area contributed by atoms with Crippen molar-refractivity contribution >= 4 is 5.96 Å². The standard InChI is InChI=1S/C26H37N3O3/c1-4-27-24(28-19-25(3,30)21-9-7-6-8-10-21)29-20-26(15-17-31-18-16-26)22-11-13-23(14-12-22)32-5-2/h6-14,30H,4-5,15-20H2,1-3H3,(H2,27,28,29). The number of benzene rings is 2. The average molecular weight is 440 g/mol. The maximum atomic E-state index is 10.9. The number of nitrogens with zero attached hydrogens (tertiary/aromatic N) is 1. The summed E-state index contributed by atoms with van der Waals surface area (Å²) in [5, 5.41) is 17.8. The molecule has 3 N–H and O–H groups in total. The Labute approximate surface area is 192 Å². The minimum absolute atomic E-state index is 0.0405. The Morgan fingerprint density at radius 2 is 1.75 bits per heavy atom. The van der Waals surface area contributed by atoms with Crippen LogP contribution in [0.4, 0.5) is 0 Å². The number of aliphatic hydroxyl groups is 1. The van der Waals surface area contributed by atoms with Crippen LogP contribution < -0.4 is 15.4 Å². The van der Waals surface area contributed by atoms with Crippen molar-refractivity contribution in [2.24, 2.45) is 4.99 Å². The van der Waals surface area contributed by atoms with Crippen LogP contribution in [0.25, 0.3) is 0 Å². The van der Waals surface area contributed by atoms with E-state index < -0.39 is 5.60 Å². The summed E-state index contributed by atoms with van der Waals surface area (Å²) in [5.74, 6) is 1.60. The van der Waals surface area contributed by atoms with E-state index in [9.17, 15) is 5.11 Å². The van der Waals surface area contributed by atoms with Crippen molar-refractivity contribution in [3.63, 3.8) is 0 Å². The molecule has 0 amide bonds. The quantitative estimate of drug-likeness (QED) is 0.411. The van der Waals surface area contributed by atoms with Gasteiger partial charge in [0.15, 0.2) is 5.96 Å². The van der Waals surface area contributed by atoms with Crippen LogP contribution in [0.3, 0.4) is 0 Å². The van der Waals surface area contributed by atoms with E-state index in [4.69, 9.17) is 14.5 Å². The molecule has 0 radical (unpaired) electrons. The Morgan fingerprint density at radius 1 is 1.06 bits per heavy atom. The summed E-state index contributed by atoms with van der Waals surface area (Å²) in [4.78, 5) is 4.70. The van der Waals surface area contributed by atoms with Gasteiger partial charge in [0.25, 0.3) is 0 Å². The van der Waals surface area contributed by atoms with Gasteiger partial charge in [0.1, 0.15) is 11.4 Å². The smallest absolute Gasteiger partial charge is 0.191 e. The van der Waals surface area contributed by atoms with E-state index in [1.807, 2.05) is 56.3 Å². The molecule has 3 rings (SSSR count). The summed E-state index contributed by atoms with van der Waals surface area (Å²) in [6.07, 6.45) is 1.88. The third kappa shape index (κ3) is 6.24. The first-order valence-corrected chi connectivity index (χ1v) is 11.6. The van der Waals surface area contributed by atoms with Crippen LogP contribution in [0.15, 0.2) is 59.6 Å². The van der Waals surface area contributed by atoms with E-state index in [0.717, 1.165) is 50.5 Å². The van der Waals surface area contributed by atoms with Crippen LogP contribution in [0.2, 0.25) is 0 Å². The molecule has 0 spiro atoms. The van der Waals surface area contributed by atoms with Gasteiger partial charge in [0.2, 0.25) is 0 Å². The van der Waals surface area contributed by atoms with Crippen LogP contribution >= 0.6 is 0 Å². The second kappa shape index (κ2) is 11.3. The lowest BCUT2D eigenvalue weighted by molar-refractivity contribution is 0.0513. The van der Waals surface area contributed by atoms with E-state index in [2.05, 4.69) is 22.8 Å². The number of guanidine groups is 1. The Hall–Kier alpha value is -2.57. The highest BCUT2D eigenvalue weighted by molar-refractivity contribution is 5.80. The monoisotopic (exact) mass is 439 g/mol. The highest BCUT2D eigenvalue weighted by Crippen LogP contribution is 2.35. The molecule has 1 heterocycles. The van der Waals surface area contributed by atoms with Gasteiger partial charge in [-0.2, -0.15) is 0 Å². The maximum absolute atomic E-state index is 10.9. The maximum Gasteiger partial charge on any atom is 0.191 e. The molecule has 32 heavy (non-hydrogen) atoms. The molecule has 0 bridgehead atoms. The van der Waals surface area contributed by atoms with Crippen LogP contribution in [-0.4, -0.2) is 50.5 Å². The van der Waals surface area contributed by atoms with Crippen LogP contribution in [0.5, 0.6) is 5.75 Å². The number of rotatable bonds is 9. The summed E-state index contributed by atoms with van der Waals surface area (Å²) in [5.41, 5.74) is 1.06. The highest BCUT2D eigenvalue weighted by Gasteiger charge is 2.35. The van der Waals surface area contributed by atoms with Gasteiger partial charge in [0.05, 0.1) is 13.2 Å². The van der Waals surface area contributed by atoms with Crippen molar-refractivity contribution in [3.8, 4) is 5.75 Å². The molecule has 6 heteroatoms. The lowest BCUT2D eigenvalue weighted by Crippen LogP contribution is -2.48. The summed E-state index contributed by atoms with van der Waals surface area (Å²) >= 11 is 0. The predicted octanol–water partition coefficient (Wildman–Crippen LogP) is 3.60. The minimum atomic E-state index is -1.03. The number of hydrogen-bond acceptors (Lipinski definition) is 4. The molecule has 0 aliphatic carbocycles. The predicted molar refractivity (Wildman–Crippen MR) is 129 cm³/mol. The van der Waals surface area contributed by atoms with Gasteiger partial charge in [-0.1, -0.05) is 42.5 Å². The number of aliphatic imine (C=N–C) groups is 1. The molecular weight excluding hydrogens is 402 g/mol. The number of nitrogens with one attached hydrogen (secondary N) is 2. The fourth-order valence-corrected chi connectivity index (χ4v) is 4.12. The Balaban J connectivity index is 1.74. The minimum Gasteiger partial charge on any atom is -0.494 e. The number of hydrogen-bond donors (Lipinski definition) is 3. The van der Waals surface area contributed by atoms with Crippen LogP contribution in [0, 0.1) is 0 Å². The zero-order valence-corrected chi connectivity index (χ0v) is 19.6. The summed E-state index contributed by atoms with van der Waals surface area (Å²) in [7, 11) is 0. The van der Waals surface area contributed by atoms with Crippen molar-refractivity contribution in [1.82, 2.24) is 10.6 Å². The van der Waals surface area contributed by atoms with Crippen molar-refractivity contribution < 1.29 is 14.6 Å². The average Bonchev–Trinajstić information content (AvgIpc) is 2.83. The lowest BCUT2D eigenvalue weighted by atomic mass is 9.74. The topological polar surface area (TPSA) is 75.1 Å². The van der Waals surface area contributed by atoms with E-state index in [1.54, 1.807) is 6.92 Å². The van der Waals surface area contributed by atoms with E-state index in [-0.39, 0.29) is 12.0 Å². The molecule has 2 aromatic rings. The van der Waals surface area contributed by atoms with E-state index in [0.29, 0.717) is 12.6 Å².